The third-order valence-corrected chi connectivity index (χ3v) is 5.96. The number of carboxylic acid groups (broad SMARTS) is 1. The van der Waals surface area contributed by atoms with Crippen LogP contribution in [0.5, 0.6) is 0 Å². The van der Waals surface area contributed by atoms with Gasteiger partial charge in [-0.15, -0.1) is 11.8 Å². The van der Waals surface area contributed by atoms with Crippen molar-refractivity contribution >= 4 is 46.7 Å². The molecule has 1 aromatic rings. The summed E-state index contributed by atoms with van der Waals surface area (Å²) in [6.07, 6.45) is 2.00. The van der Waals surface area contributed by atoms with Crippen molar-refractivity contribution in [1.82, 2.24) is 10.2 Å². The summed E-state index contributed by atoms with van der Waals surface area (Å²) in [6, 6.07) is 8.98. The average Bonchev–Trinajstić information content (AvgIpc) is 2.85. The van der Waals surface area contributed by atoms with Crippen LogP contribution in [0, 0.1) is 0 Å². The van der Waals surface area contributed by atoms with Crippen LogP contribution in [0.2, 0.25) is 0 Å². The summed E-state index contributed by atoms with van der Waals surface area (Å²) >= 11 is 6.85. The van der Waals surface area contributed by atoms with Gasteiger partial charge in [0.05, 0.1) is 11.8 Å². The van der Waals surface area contributed by atoms with E-state index < -0.39 is 12.0 Å². The molecule has 3 atom stereocenters. The number of benzene rings is 1. The summed E-state index contributed by atoms with van der Waals surface area (Å²) in [5.74, 6) is -0.953. The molecule has 3 unspecified atom stereocenters. The highest BCUT2D eigenvalue weighted by Gasteiger charge is 2.54. The van der Waals surface area contributed by atoms with Crippen LogP contribution >= 0.6 is 24.0 Å². The van der Waals surface area contributed by atoms with Crippen LogP contribution in [-0.4, -0.2) is 50.2 Å². The number of carbonyl (C=O) groups is 2. The van der Waals surface area contributed by atoms with Crippen LogP contribution < -0.4 is 10.6 Å². The first-order valence-electron chi connectivity index (χ1n) is 7.85. The van der Waals surface area contributed by atoms with Gasteiger partial charge >= 0.3 is 5.97 Å². The lowest BCUT2D eigenvalue weighted by atomic mass is 10.0. The van der Waals surface area contributed by atoms with Gasteiger partial charge in [-0.1, -0.05) is 18.2 Å². The van der Waals surface area contributed by atoms with E-state index in [1.165, 1.54) is 4.90 Å². The molecule has 0 aromatic heterocycles. The van der Waals surface area contributed by atoms with Gasteiger partial charge in [0.25, 0.3) is 0 Å². The number of nitrogens with zero attached hydrogens (tertiary/aromatic N) is 1. The molecule has 0 spiro atoms. The van der Waals surface area contributed by atoms with Gasteiger partial charge in [-0.2, -0.15) is 0 Å². The zero-order chi connectivity index (χ0) is 17.1. The second-order valence-corrected chi connectivity index (χ2v) is 7.64. The molecule has 1 aromatic carbocycles. The number of nitrogens with one attached hydrogen (secondary N) is 2. The summed E-state index contributed by atoms with van der Waals surface area (Å²) < 4.78 is 0. The van der Waals surface area contributed by atoms with Gasteiger partial charge in [0.1, 0.15) is 6.04 Å². The number of rotatable bonds is 6. The fraction of sp³-hybridized carbons (Fsp3) is 0.438. The maximum absolute atomic E-state index is 11.6. The quantitative estimate of drug-likeness (QED) is 0.403. The number of para-hydroxylation sites is 1. The van der Waals surface area contributed by atoms with Crippen LogP contribution in [-0.2, 0) is 9.59 Å². The Hall–Kier alpha value is -1.80. The first-order valence-corrected chi connectivity index (χ1v) is 9.20. The molecule has 1 amide bonds. The molecule has 128 valence electrons. The lowest BCUT2D eigenvalue weighted by Crippen LogP contribution is -2.55. The van der Waals surface area contributed by atoms with Gasteiger partial charge in [0.2, 0.25) is 5.91 Å². The molecule has 0 radical (unpaired) electrons. The molecule has 2 fully saturated rings. The largest absolute Gasteiger partial charge is 0.480 e. The van der Waals surface area contributed by atoms with Crippen molar-refractivity contribution in [2.75, 3.05) is 11.9 Å². The third-order valence-electron chi connectivity index (χ3n) is 4.17. The van der Waals surface area contributed by atoms with Crippen LogP contribution in [0.25, 0.3) is 0 Å². The van der Waals surface area contributed by atoms with Crippen LogP contribution in [0.4, 0.5) is 5.69 Å². The molecule has 6 nitrogen and oxygen atoms in total. The van der Waals surface area contributed by atoms with Crippen LogP contribution in [0.15, 0.2) is 30.3 Å². The summed E-state index contributed by atoms with van der Waals surface area (Å²) in [5, 5.41) is 16.2. The van der Waals surface area contributed by atoms with Gasteiger partial charge in [0, 0.05) is 17.5 Å². The number of β-lactam (4-membered cyclic amide) rings is 1. The Kier molecular flexibility index (Phi) is 5.25. The minimum Gasteiger partial charge on any atom is -0.480 e. The number of aliphatic carboxylic acids is 1. The van der Waals surface area contributed by atoms with Crippen LogP contribution in [0.1, 0.15) is 19.3 Å². The highest BCUT2D eigenvalue weighted by atomic mass is 32.2. The number of hydrogen-bond donors (Lipinski definition) is 3. The van der Waals surface area contributed by atoms with E-state index in [4.69, 9.17) is 12.2 Å². The van der Waals surface area contributed by atoms with E-state index in [0.29, 0.717) is 18.1 Å². The van der Waals surface area contributed by atoms with Crippen molar-refractivity contribution in [2.45, 2.75) is 35.9 Å². The number of anilines is 1. The maximum Gasteiger partial charge on any atom is 0.327 e. The Balaban J connectivity index is 1.41. The number of fused-ring (bicyclic) bond motifs is 1. The highest BCUT2D eigenvalue weighted by molar-refractivity contribution is 8.01. The lowest BCUT2D eigenvalue weighted by molar-refractivity contribution is -0.156. The molecule has 0 bridgehead atoms. The molecule has 2 aliphatic heterocycles. The fourth-order valence-electron chi connectivity index (χ4n) is 3.01. The minimum atomic E-state index is -0.905. The second kappa shape index (κ2) is 7.40. The molecular weight excluding hydrogens is 346 g/mol. The first kappa shape index (κ1) is 17.0. The fourth-order valence-corrected chi connectivity index (χ4v) is 4.95. The number of carboxylic acids is 1. The molecule has 2 heterocycles. The minimum absolute atomic E-state index is 0.0450. The molecule has 24 heavy (non-hydrogen) atoms. The maximum atomic E-state index is 11.6. The zero-order valence-corrected chi connectivity index (χ0v) is 14.6. The Bertz CT molecular complexity index is 641. The molecule has 2 saturated heterocycles. The summed E-state index contributed by atoms with van der Waals surface area (Å²) in [4.78, 5) is 24.5. The number of thiocarbonyl (C=S) groups is 1. The average molecular weight is 365 g/mol. The van der Waals surface area contributed by atoms with E-state index in [-0.39, 0.29) is 16.5 Å². The van der Waals surface area contributed by atoms with Crippen molar-refractivity contribution in [1.29, 1.82) is 0 Å². The topological polar surface area (TPSA) is 81.7 Å². The highest BCUT2D eigenvalue weighted by Crippen LogP contribution is 2.45. The van der Waals surface area contributed by atoms with Crippen molar-refractivity contribution in [3.05, 3.63) is 30.3 Å². The van der Waals surface area contributed by atoms with Crippen molar-refractivity contribution in [3.63, 3.8) is 0 Å². The molecular formula is C16H19N3O3S2. The van der Waals surface area contributed by atoms with E-state index >= 15 is 0 Å². The van der Waals surface area contributed by atoms with Crippen molar-refractivity contribution in [3.8, 4) is 0 Å². The number of hydrogen-bond acceptors (Lipinski definition) is 4. The van der Waals surface area contributed by atoms with E-state index in [1.54, 1.807) is 11.8 Å². The van der Waals surface area contributed by atoms with E-state index in [2.05, 4.69) is 10.6 Å². The normalized spacial score (nSPS) is 24.9. The van der Waals surface area contributed by atoms with Crippen molar-refractivity contribution in [2.24, 2.45) is 0 Å². The molecule has 2 aliphatic rings. The Labute approximate surface area is 150 Å². The summed E-state index contributed by atoms with van der Waals surface area (Å²) in [6.45, 7) is 0.667. The van der Waals surface area contributed by atoms with Gasteiger partial charge in [-0.05, 0) is 37.2 Å². The van der Waals surface area contributed by atoms with E-state index in [1.807, 2.05) is 30.3 Å². The standard InChI is InChI=1S/C16H19N3O3S2/c20-12-9-13-19(12)14(15(21)22)11(24-13)7-4-8-17-16(23)18-10-5-2-1-3-6-10/h1-3,5-6,11,13-14H,4,7-9H2,(H,21,22)(H2,17,18,23). The Morgan fingerprint density at radius 3 is 2.79 bits per heavy atom. The first-order chi connectivity index (χ1) is 11.6. The van der Waals surface area contributed by atoms with Crippen LogP contribution in [0.3, 0.4) is 0 Å². The van der Waals surface area contributed by atoms with Gasteiger partial charge in [0.15, 0.2) is 5.11 Å². The van der Waals surface area contributed by atoms with E-state index in [0.717, 1.165) is 18.5 Å². The zero-order valence-electron chi connectivity index (χ0n) is 13.0. The number of amides is 1. The smallest absolute Gasteiger partial charge is 0.327 e. The van der Waals surface area contributed by atoms with Crippen molar-refractivity contribution < 1.29 is 14.7 Å². The number of carbonyl (C=O) groups excluding carboxylic acids is 1. The molecule has 3 rings (SSSR count). The second-order valence-electron chi connectivity index (χ2n) is 5.81. The lowest BCUT2D eigenvalue weighted by Gasteiger charge is -2.35. The molecule has 8 heteroatoms. The Morgan fingerprint density at radius 1 is 1.38 bits per heavy atom. The predicted octanol–water partition coefficient (Wildman–Crippen LogP) is 1.88. The molecule has 3 N–H and O–H groups in total. The molecule has 0 aliphatic carbocycles. The van der Waals surface area contributed by atoms with Gasteiger partial charge < -0.3 is 20.6 Å². The van der Waals surface area contributed by atoms with Gasteiger partial charge in [-0.25, -0.2) is 4.79 Å². The predicted molar refractivity (Wildman–Crippen MR) is 98.0 cm³/mol. The third kappa shape index (κ3) is 3.64. The monoisotopic (exact) mass is 365 g/mol. The SMILES string of the molecule is O=C(O)C1C(CCCNC(=S)Nc2ccccc2)SC2CC(=O)N21. The summed E-state index contributed by atoms with van der Waals surface area (Å²) in [5.41, 5.74) is 0.926. The number of thioether (sulfide) groups is 1. The van der Waals surface area contributed by atoms with E-state index in [9.17, 15) is 14.7 Å². The van der Waals surface area contributed by atoms with Gasteiger partial charge in [-0.3, -0.25) is 4.79 Å². The molecule has 0 saturated carbocycles. The Morgan fingerprint density at radius 2 is 2.12 bits per heavy atom. The summed E-state index contributed by atoms with van der Waals surface area (Å²) in [7, 11) is 0.